The summed E-state index contributed by atoms with van der Waals surface area (Å²) in [4.78, 5) is 12.7. The van der Waals surface area contributed by atoms with Crippen LogP contribution in [-0.2, 0) is 10.2 Å². The van der Waals surface area contributed by atoms with Gasteiger partial charge in [-0.3, -0.25) is 4.79 Å². The molecule has 1 aromatic rings. The highest BCUT2D eigenvalue weighted by atomic mass is 35.5. The number of amides is 1. The first-order chi connectivity index (χ1) is 13.2. The van der Waals surface area contributed by atoms with Crippen molar-refractivity contribution >= 4 is 23.2 Å². The quantitative estimate of drug-likeness (QED) is 0.543. The van der Waals surface area contributed by atoms with Gasteiger partial charge in [-0.2, -0.15) is 13.2 Å². The van der Waals surface area contributed by atoms with Gasteiger partial charge in [0.25, 0.3) is 0 Å². The van der Waals surface area contributed by atoms with E-state index in [-0.39, 0.29) is 19.1 Å². The molecule has 2 N–H and O–H groups in total. The third kappa shape index (κ3) is 3.74. The Labute approximate surface area is 168 Å². The Bertz CT molecular complexity index is 768. The molecule has 0 aromatic heterocycles. The molecule has 0 aliphatic carbocycles. The predicted molar refractivity (Wildman–Crippen MR) is 105 cm³/mol. The second kappa shape index (κ2) is 7.95. The van der Waals surface area contributed by atoms with Crippen LogP contribution in [0.2, 0.25) is 5.02 Å². The molecular weight excluding hydrogens is 391 g/mol. The Morgan fingerprint density at radius 3 is 2.86 bits per heavy atom. The van der Waals surface area contributed by atoms with E-state index >= 15 is 0 Å². The maximum atomic E-state index is 13.0. The van der Waals surface area contributed by atoms with Crippen molar-refractivity contribution in [3.63, 3.8) is 0 Å². The third-order valence-electron chi connectivity index (χ3n) is 5.74. The van der Waals surface area contributed by atoms with Gasteiger partial charge in [0.15, 0.2) is 0 Å². The number of anilines is 1. The number of fused-ring (bicyclic) bond motifs is 3. The van der Waals surface area contributed by atoms with Crippen LogP contribution in [0.3, 0.4) is 0 Å². The lowest BCUT2D eigenvalue weighted by Gasteiger charge is -2.46. The first-order valence-electron chi connectivity index (χ1n) is 9.51. The van der Waals surface area contributed by atoms with Gasteiger partial charge < -0.3 is 15.5 Å². The largest absolute Gasteiger partial charge is 0.471 e. The van der Waals surface area contributed by atoms with Crippen LogP contribution in [0.25, 0.3) is 0 Å². The summed E-state index contributed by atoms with van der Waals surface area (Å²) in [6.07, 6.45) is -2.07. The molecule has 1 fully saturated rings. The van der Waals surface area contributed by atoms with Crippen molar-refractivity contribution < 1.29 is 18.0 Å². The monoisotopic (exact) mass is 415 g/mol. The molecule has 2 heterocycles. The molecule has 1 saturated heterocycles. The van der Waals surface area contributed by atoms with Crippen molar-refractivity contribution in [2.24, 2.45) is 0 Å². The van der Waals surface area contributed by atoms with E-state index in [1.165, 1.54) is 0 Å². The maximum absolute atomic E-state index is 13.0. The Morgan fingerprint density at radius 2 is 2.18 bits per heavy atom. The van der Waals surface area contributed by atoms with Crippen LogP contribution in [0.1, 0.15) is 31.7 Å². The maximum Gasteiger partial charge on any atom is 0.471 e. The summed E-state index contributed by atoms with van der Waals surface area (Å²) < 4.78 is 38.9. The van der Waals surface area contributed by atoms with E-state index < -0.39 is 17.5 Å². The average molecular weight is 416 g/mol. The molecule has 0 radical (unpaired) electrons. The number of carbonyl (C=O) groups excluding carboxylic acids is 1. The molecule has 2 aliphatic rings. The summed E-state index contributed by atoms with van der Waals surface area (Å²) in [5, 5.41) is 7.29. The molecular formula is C20H25ClF3N3O. The summed E-state index contributed by atoms with van der Waals surface area (Å²) in [6, 6.07) is 5.08. The number of rotatable bonds is 6. The van der Waals surface area contributed by atoms with Gasteiger partial charge >= 0.3 is 12.1 Å². The number of nitrogens with one attached hydrogen (secondary N) is 2. The SMILES string of the molecule is C=C1CN(C(=O)C(F)(F)F)C[C@@H]2Nc3ccc(Cl)cc3[C@]12CCNCCCC. The number of unbranched alkanes of at least 4 members (excludes halogenated alkanes) is 1. The number of likely N-dealkylation sites (tertiary alicyclic amines) is 1. The van der Waals surface area contributed by atoms with Crippen LogP contribution in [0, 0.1) is 0 Å². The van der Waals surface area contributed by atoms with Crippen LogP contribution >= 0.6 is 11.6 Å². The third-order valence-corrected chi connectivity index (χ3v) is 5.97. The first-order valence-corrected chi connectivity index (χ1v) is 9.89. The van der Waals surface area contributed by atoms with Crippen molar-refractivity contribution in [2.45, 2.75) is 43.8 Å². The fourth-order valence-corrected chi connectivity index (χ4v) is 4.51. The minimum Gasteiger partial charge on any atom is -0.379 e. The molecule has 1 aromatic carbocycles. The molecule has 28 heavy (non-hydrogen) atoms. The lowest BCUT2D eigenvalue weighted by molar-refractivity contribution is -0.186. The van der Waals surface area contributed by atoms with E-state index in [1.807, 2.05) is 12.1 Å². The summed E-state index contributed by atoms with van der Waals surface area (Å²) in [5.74, 6) is -1.82. The van der Waals surface area contributed by atoms with Crippen molar-refractivity contribution in [1.82, 2.24) is 10.2 Å². The second-order valence-electron chi connectivity index (χ2n) is 7.50. The number of hydrogen-bond donors (Lipinski definition) is 2. The molecule has 0 unspecified atom stereocenters. The standard InChI is InChI=1S/C20H25ClF3N3O/c1-3-4-8-25-9-7-19-13(2)11-27(18(28)20(22,23)24)12-17(19)26-16-6-5-14(21)10-15(16)19/h5-6,10,17,25-26H,2-4,7-9,11-12H2,1H3/t17-,19-/m0/s1. The highest BCUT2D eigenvalue weighted by molar-refractivity contribution is 6.30. The second-order valence-corrected chi connectivity index (χ2v) is 7.94. The number of piperidine rings is 1. The van der Waals surface area contributed by atoms with Gasteiger partial charge in [-0.05, 0) is 55.3 Å². The van der Waals surface area contributed by atoms with Gasteiger partial charge in [0.05, 0.1) is 6.04 Å². The average Bonchev–Trinajstić information content (AvgIpc) is 2.94. The molecule has 4 nitrogen and oxygen atoms in total. The van der Waals surface area contributed by atoms with Gasteiger partial charge in [0.1, 0.15) is 0 Å². The van der Waals surface area contributed by atoms with Crippen molar-refractivity contribution in [3.05, 3.63) is 40.9 Å². The minimum atomic E-state index is -4.89. The van der Waals surface area contributed by atoms with Crippen molar-refractivity contribution in [1.29, 1.82) is 0 Å². The summed E-state index contributed by atoms with van der Waals surface area (Å²) in [5.41, 5.74) is 1.84. The van der Waals surface area contributed by atoms with Crippen molar-refractivity contribution in [2.75, 3.05) is 31.5 Å². The fraction of sp³-hybridized carbons (Fsp3) is 0.550. The molecule has 2 atom stereocenters. The smallest absolute Gasteiger partial charge is 0.379 e. The highest BCUT2D eigenvalue weighted by Crippen LogP contribution is 2.51. The zero-order valence-corrected chi connectivity index (χ0v) is 16.6. The van der Waals surface area contributed by atoms with Crippen LogP contribution in [0.4, 0.5) is 18.9 Å². The summed E-state index contributed by atoms with van der Waals surface area (Å²) >= 11 is 6.22. The van der Waals surface area contributed by atoms with E-state index in [2.05, 4.69) is 24.1 Å². The van der Waals surface area contributed by atoms with E-state index in [9.17, 15) is 18.0 Å². The van der Waals surface area contributed by atoms with E-state index in [1.54, 1.807) is 6.07 Å². The first kappa shape index (κ1) is 21.0. The van der Waals surface area contributed by atoms with Crippen LogP contribution in [0.15, 0.2) is 30.4 Å². The van der Waals surface area contributed by atoms with Crippen LogP contribution < -0.4 is 10.6 Å². The lowest BCUT2D eigenvalue weighted by Crippen LogP contribution is -2.58. The zero-order chi connectivity index (χ0) is 20.5. The molecule has 0 saturated carbocycles. The Morgan fingerprint density at radius 1 is 1.43 bits per heavy atom. The van der Waals surface area contributed by atoms with Gasteiger partial charge in [0.2, 0.25) is 0 Å². The molecule has 154 valence electrons. The summed E-state index contributed by atoms with van der Waals surface area (Å²) in [6.45, 7) is 7.68. The van der Waals surface area contributed by atoms with Gasteiger partial charge in [-0.1, -0.05) is 31.5 Å². The molecule has 3 rings (SSSR count). The number of nitrogens with zero attached hydrogens (tertiary/aromatic N) is 1. The summed E-state index contributed by atoms with van der Waals surface area (Å²) in [7, 11) is 0. The fourth-order valence-electron chi connectivity index (χ4n) is 4.34. The number of hydrogen-bond acceptors (Lipinski definition) is 3. The zero-order valence-electron chi connectivity index (χ0n) is 15.8. The van der Waals surface area contributed by atoms with E-state index in [0.29, 0.717) is 23.6 Å². The number of benzene rings is 1. The Hall–Kier alpha value is -1.73. The van der Waals surface area contributed by atoms with Crippen LogP contribution in [-0.4, -0.2) is 49.2 Å². The number of alkyl halides is 3. The van der Waals surface area contributed by atoms with Gasteiger partial charge in [-0.15, -0.1) is 0 Å². The molecule has 8 heteroatoms. The van der Waals surface area contributed by atoms with Crippen molar-refractivity contribution in [3.8, 4) is 0 Å². The van der Waals surface area contributed by atoms with E-state index in [4.69, 9.17) is 11.6 Å². The van der Waals surface area contributed by atoms with Crippen LogP contribution in [0.5, 0.6) is 0 Å². The number of carbonyl (C=O) groups is 1. The predicted octanol–water partition coefficient (Wildman–Crippen LogP) is 4.11. The van der Waals surface area contributed by atoms with E-state index in [0.717, 1.165) is 35.5 Å². The van der Waals surface area contributed by atoms with Gasteiger partial charge in [0, 0.05) is 29.2 Å². The normalized spacial score (nSPS) is 24.0. The van der Waals surface area contributed by atoms with Gasteiger partial charge in [-0.25, -0.2) is 0 Å². The molecule has 1 amide bonds. The molecule has 2 aliphatic heterocycles. The molecule has 0 spiro atoms. The Kier molecular flexibility index (Phi) is 5.96. The minimum absolute atomic E-state index is 0.0291. The Balaban J connectivity index is 1.89. The highest BCUT2D eigenvalue weighted by Gasteiger charge is 2.54. The lowest BCUT2D eigenvalue weighted by atomic mass is 9.66. The number of halogens is 4. The molecule has 0 bridgehead atoms. The topological polar surface area (TPSA) is 44.4 Å².